The molecule has 0 unspecified atom stereocenters. The third-order valence-corrected chi connectivity index (χ3v) is 5.86. The van der Waals surface area contributed by atoms with E-state index in [4.69, 9.17) is 10.5 Å². The van der Waals surface area contributed by atoms with Crippen LogP contribution in [0.15, 0.2) is 17.0 Å². The second-order valence-corrected chi connectivity index (χ2v) is 7.19. The normalized spacial score (nSPS) is 17.8. The minimum atomic E-state index is -3.62. The molecule has 0 amide bonds. The second-order valence-electron chi connectivity index (χ2n) is 5.49. The van der Waals surface area contributed by atoms with Crippen molar-refractivity contribution in [2.45, 2.75) is 43.6 Å². The zero-order chi connectivity index (χ0) is 15.0. The Balaban J connectivity index is 2.25. The number of rotatable bonds is 5. The number of hydrogen-bond acceptors (Lipinski definition) is 4. The van der Waals surface area contributed by atoms with Crippen molar-refractivity contribution in [1.29, 1.82) is 0 Å². The fourth-order valence-electron chi connectivity index (χ4n) is 2.49. The maximum absolute atomic E-state index is 12.5. The van der Waals surface area contributed by atoms with Crippen LogP contribution in [-0.4, -0.2) is 27.7 Å². The summed E-state index contributed by atoms with van der Waals surface area (Å²) in [5.74, 6) is 0. The van der Waals surface area contributed by atoms with Gasteiger partial charge in [0, 0.05) is 13.7 Å². The van der Waals surface area contributed by atoms with Gasteiger partial charge < -0.3 is 10.5 Å². The first kappa shape index (κ1) is 15.3. The van der Waals surface area contributed by atoms with Crippen LogP contribution >= 0.6 is 0 Å². The lowest BCUT2D eigenvalue weighted by Gasteiger charge is -2.40. The summed E-state index contributed by atoms with van der Waals surface area (Å²) in [5.41, 5.74) is 7.37. The van der Waals surface area contributed by atoms with Gasteiger partial charge in [0.2, 0.25) is 10.0 Å². The van der Waals surface area contributed by atoms with Crippen LogP contribution in [0.5, 0.6) is 0 Å². The third kappa shape index (κ3) is 2.68. The molecule has 5 nitrogen and oxygen atoms in total. The molecule has 6 heteroatoms. The van der Waals surface area contributed by atoms with Crippen LogP contribution in [0.2, 0.25) is 0 Å². The highest BCUT2D eigenvalue weighted by Crippen LogP contribution is 2.35. The van der Waals surface area contributed by atoms with Crippen LogP contribution in [0.4, 0.5) is 5.69 Å². The number of anilines is 1. The van der Waals surface area contributed by atoms with Crippen LogP contribution in [0.25, 0.3) is 0 Å². The zero-order valence-electron chi connectivity index (χ0n) is 12.2. The smallest absolute Gasteiger partial charge is 0.242 e. The summed E-state index contributed by atoms with van der Waals surface area (Å²) in [7, 11) is -1.99. The Kier molecular flexibility index (Phi) is 4.09. The van der Waals surface area contributed by atoms with Gasteiger partial charge in [-0.1, -0.05) is 6.07 Å². The predicted molar refractivity (Wildman–Crippen MR) is 79.1 cm³/mol. The highest BCUT2D eigenvalue weighted by Gasteiger charge is 2.38. The number of nitrogens with two attached hydrogens (primary N) is 1. The maximum atomic E-state index is 12.5. The van der Waals surface area contributed by atoms with E-state index in [0.29, 0.717) is 12.1 Å². The van der Waals surface area contributed by atoms with Gasteiger partial charge in [-0.3, -0.25) is 0 Å². The summed E-state index contributed by atoms with van der Waals surface area (Å²) in [6, 6.07) is 3.46. The van der Waals surface area contributed by atoms with Crippen molar-refractivity contribution in [3.05, 3.63) is 23.3 Å². The minimum Gasteiger partial charge on any atom is -0.398 e. The number of ether oxygens (including phenoxy) is 1. The number of methoxy groups -OCH3 is 1. The van der Waals surface area contributed by atoms with E-state index in [9.17, 15) is 8.42 Å². The standard InChI is InChI=1S/C14H22N2O3S/c1-10-5-6-12(15)13(11(10)2)20(17,18)16-9-14(19-3)7-4-8-14/h5-6,16H,4,7-9,15H2,1-3H3. The van der Waals surface area contributed by atoms with Gasteiger partial charge >= 0.3 is 0 Å². The number of sulfonamides is 1. The molecule has 0 atom stereocenters. The Morgan fingerprint density at radius 3 is 2.50 bits per heavy atom. The second kappa shape index (κ2) is 5.35. The first-order valence-corrected chi connectivity index (χ1v) is 8.20. The molecule has 0 radical (unpaired) electrons. The van der Waals surface area contributed by atoms with E-state index in [1.807, 2.05) is 13.0 Å². The van der Waals surface area contributed by atoms with E-state index in [1.165, 1.54) is 0 Å². The van der Waals surface area contributed by atoms with Crippen molar-refractivity contribution in [3.63, 3.8) is 0 Å². The van der Waals surface area contributed by atoms with Gasteiger partial charge in [0.1, 0.15) is 4.90 Å². The number of hydrogen-bond donors (Lipinski definition) is 2. The lowest BCUT2D eigenvalue weighted by molar-refractivity contribution is -0.0659. The summed E-state index contributed by atoms with van der Waals surface area (Å²) in [5, 5.41) is 0. The summed E-state index contributed by atoms with van der Waals surface area (Å²) < 4.78 is 33.0. The van der Waals surface area contributed by atoms with Crippen molar-refractivity contribution in [2.75, 3.05) is 19.4 Å². The molecule has 0 aliphatic heterocycles. The van der Waals surface area contributed by atoms with E-state index in [2.05, 4.69) is 4.72 Å². The van der Waals surface area contributed by atoms with Gasteiger partial charge in [0.15, 0.2) is 0 Å². The molecule has 1 saturated carbocycles. The molecule has 1 aliphatic carbocycles. The number of nitrogens with one attached hydrogen (secondary N) is 1. The molecule has 2 rings (SSSR count). The van der Waals surface area contributed by atoms with E-state index in [1.54, 1.807) is 20.1 Å². The van der Waals surface area contributed by atoms with Gasteiger partial charge in [-0.2, -0.15) is 0 Å². The molecule has 3 N–H and O–H groups in total. The topological polar surface area (TPSA) is 81.4 Å². The highest BCUT2D eigenvalue weighted by molar-refractivity contribution is 7.89. The largest absolute Gasteiger partial charge is 0.398 e. The molecule has 1 aliphatic rings. The van der Waals surface area contributed by atoms with E-state index < -0.39 is 10.0 Å². The van der Waals surface area contributed by atoms with Crippen LogP contribution in [0, 0.1) is 13.8 Å². The zero-order valence-corrected chi connectivity index (χ0v) is 13.0. The molecule has 112 valence electrons. The first-order valence-electron chi connectivity index (χ1n) is 6.72. The SMILES string of the molecule is COC1(CNS(=O)(=O)c2c(N)ccc(C)c2C)CCC1. The average molecular weight is 298 g/mol. The maximum Gasteiger partial charge on any atom is 0.242 e. The molecule has 0 saturated heterocycles. The van der Waals surface area contributed by atoms with Crippen LogP contribution in [0.3, 0.4) is 0 Å². The van der Waals surface area contributed by atoms with E-state index in [0.717, 1.165) is 24.8 Å². The molecule has 0 heterocycles. The molecule has 1 aromatic rings. The summed E-state index contributed by atoms with van der Waals surface area (Å²) in [4.78, 5) is 0.183. The Hall–Kier alpha value is -1.11. The van der Waals surface area contributed by atoms with Crippen molar-refractivity contribution in [3.8, 4) is 0 Å². The summed E-state index contributed by atoms with van der Waals surface area (Å²) >= 11 is 0. The van der Waals surface area contributed by atoms with Crippen molar-refractivity contribution in [1.82, 2.24) is 4.72 Å². The Labute approximate surface area is 120 Å². The lowest BCUT2D eigenvalue weighted by Crippen LogP contribution is -2.49. The molecule has 0 bridgehead atoms. The number of aryl methyl sites for hydroxylation is 1. The minimum absolute atomic E-state index is 0.183. The van der Waals surface area contributed by atoms with E-state index >= 15 is 0 Å². The van der Waals surface area contributed by atoms with E-state index in [-0.39, 0.29) is 16.2 Å². The highest BCUT2D eigenvalue weighted by atomic mass is 32.2. The Bertz CT molecular complexity index is 602. The van der Waals surface area contributed by atoms with Crippen molar-refractivity contribution in [2.24, 2.45) is 0 Å². The summed E-state index contributed by atoms with van der Waals surface area (Å²) in [6.07, 6.45) is 2.84. The number of nitrogen functional groups attached to an aromatic ring is 1. The van der Waals surface area contributed by atoms with Gasteiger partial charge in [-0.05, 0) is 50.3 Å². The number of benzene rings is 1. The quantitative estimate of drug-likeness (QED) is 0.811. The first-order chi connectivity index (χ1) is 9.31. The van der Waals surface area contributed by atoms with Crippen LogP contribution < -0.4 is 10.5 Å². The monoisotopic (exact) mass is 298 g/mol. The van der Waals surface area contributed by atoms with Crippen LogP contribution in [0.1, 0.15) is 30.4 Å². The fourth-order valence-corrected chi connectivity index (χ4v) is 4.03. The molecule has 1 fully saturated rings. The van der Waals surface area contributed by atoms with Crippen LogP contribution in [-0.2, 0) is 14.8 Å². The summed E-state index contributed by atoms with van der Waals surface area (Å²) in [6.45, 7) is 3.94. The van der Waals surface area contributed by atoms with Gasteiger partial charge in [0.25, 0.3) is 0 Å². The Morgan fingerprint density at radius 1 is 1.35 bits per heavy atom. The van der Waals surface area contributed by atoms with Crippen molar-refractivity contribution < 1.29 is 13.2 Å². The Morgan fingerprint density at radius 2 is 2.00 bits per heavy atom. The molecular weight excluding hydrogens is 276 g/mol. The molecule has 1 aromatic carbocycles. The third-order valence-electron chi connectivity index (χ3n) is 4.26. The predicted octanol–water partition coefficient (Wildman–Crippen LogP) is 1.73. The molecular formula is C14H22N2O3S. The van der Waals surface area contributed by atoms with Gasteiger partial charge in [-0.25, -0.2) is 13.1 Å². The average Bonchev–Trinajstić information content (AvgIpc) is 2.33. The molecule has 0 aromatic heterocycles. The van der Waals surface area contributed by atoms with Gasteiger partial charge in [-0.15, -0.1) is 0 Å². The van der Waals surface area contributed by atoms with Crippen molar-refractivity contribution >= 4 is 15.7 Å². The van der Waals surface area contributed by atoms with Gasteiger partial charge in [0.05, 0.1) is 11.3 Å². The lowest BCUT2D eigenvalue weighted by atomic mass is 9.80. The molecule has 20 heavy (non-hydrogen) atoms. The molecule has 0 spiro atoms. The fraction of sp³-hybridized carbons (Fsp3) is 0.571.